The number of methoxy groups -OCH3 is 1. The lowest BCUT2D eigenvalue weighted by Crippen LogP contribution is -2.55. The number of aromatic nitrogens is 2. The van der Waals surface area contributed by atoms with Crippen LogP contribution in [0.4, 0.5) is 8.78 Å². The van der Waals surface area contributed by atoms with Crippen LogP contribution in [0.3, 0.4) is 0 Å². The molecule has 2 aliphatic heterocycles. The number of halogens is 2. The highest BCUT2D eigenvalue weighted by atomic mass is 19.2. The molecule has 0 saturated carbocycles. The van der Waals surface area contributed by atoms with Gasteiger partial charge in [0.2, 0.25) is 0 Å². The second-order valence-corrected chi connectivity index (χ2v) is 9.21. The minimum Gasteiger partial charge on any atom is -0.495 e. The van der Waals surface area contributed by atoms with Gasteiger partial charge in [0.25, 0.3) is 5.91 Å². The Kier molecular flexibility index (Phi) is 5.46. The van der Waals surface area contributed by atoms with Gasteiger partial charge in [-0.05, 0) is 69.2 Å². The fourth-order valence-corrected chi connectivity index (χ4v) is 4.66. The predicted octanol–water partition coefficient (Wildman–Crippen LogP) is 5.26. The molecule has 1 saturated heterocycles. The Morgan fingerprint density at radius 1 is 1.17 bits per heavy atom. The van der Waals surface area contributed by atoms with E-state index in [0.717, 1.165) is 29.1 Å². The lowest BCUT2D eigenvalue weighted by molar-refractivity contribution is -0.147. The average molecular weight is 478 g/mol. The molecule has 1 amide bonds. The van der Waals surface area contributed by atoms with E-state index in [4.69, 9.17) is 9.47 Å². The Labute approximate surface area is 202 Å². The summed E-state index contributed by atoms with van der Waals surface area (Å²) in [7, 11) is 1.58. The third-order valence-corrected chi connectivity index (χ3v) is 6.42. The number of rotatable bonds is 4. The van der Waals surface area contributed by atoms with Gasteiger partial charge in [-0.15, -0.1) is 0 Å². The normalized spacial score (nSPS) is 20.0. The van der Waals surface area contributed by atoms with Crippen LogP contribution < -0.4 is 4.74 Å². The standard InChI is InChI=1S/C27H25F2N3O3/c1-16-14-31(15-30-16)22-8-5-17(11-23(22)34-4)12-24-26(33)32-21(9-10-25(32)27(2,3)35-24)18-6-7-19(28)20(29)13-18/h5-9,11-15,25H,10H2,1-4H3. The van der Waals surface area contributed by atoms with Crippen molar-refractivity contribution in [1.29, 1.82) is 0 Å². The van der Waals surface area contributed by atoms with Crippen LogP contribution in [-0.2, 0) is 9.53 Å². The fourth-order valence-electron chi connectivity index (χ4n) is 4.66. The van der Waals surface area contributed by atoms with Gasteiger partial charge in [0.1, 0.15) is 11.4 Å². The molecule has 3 aromatic rings. The minimum atomic E-state index is -0.956. The second-order valence-electron chi connectivity index (χ2n) is 9.21. The molecule has 1 aromatic heterocycles. The zero-order valence-corrected chi connectivity index (χ0v) is 19.9. The van der Waals surface area contributed by atoms with Gasteiger partial charge in [0.15, 0.2) is 17.4 Å². The third kappa shape index (κ3) is 3.99. The van der Waals surface area contributed by atoms with E-state index in [1.54, 1.807) is 24.4 Å². The topological polar surface area (TPSA) is 56.6 Å². The summed E-state index contributed by atoms with van der Waals surface area (Å²) in [5, 5.41) is 0. The molecule has 1 atom stereocenters. The van der Waals surface area contributed by atoms with E-state index in [0.29, 0.717) is 23.4 Å². The number of hydrogen-bond donors (Lipinski definition) is 0. The molecule has 0 bridgehead atoms. The molecule has 0 N–H and O–H groups in total. The molecule has 1 unspecified atom stereocenters. The van der Waals surface area contributed by atoms with E-state index in [1.165, 1.54) is 6.07 Å². The zero-order chi connectivity index (χ0) is 24.9. The van der Waals surface area contributed by atoms with Gasteiger partial charge >= 0.3 is 0 Å². The number of ether oxygens (including phenoxy) is 2. The number of aryl methyl sites for hydroxylation is 1. The van der Waals surface area contributed by atoms with Gasteiger partial charge in [-0.25, -0.2) is 13.8 Å². The first-order valence-electron chi connectivity index (χ1n) is 11.3. The van der Waals surface area contributed by atoms with Crippen molar-refractivity contribution in [3.05, 3.63) is 89.2 Å². The molecule has 1 fully saturated rings. The van der Waals surface area contributed by atoms with Gasteiger partial charge in [-0.3, -0.25) is 9.69 Å². The maximum atomic E-state index is 13.9. The minimum absolute atomic E-state index is 0.162. The Hall–Kier alpha value is -3.94. The van der Waals surface area contributed by atoms with Gasteiger partial charge in [0.05, 0.1) is 30.9 Å². The lowest BCUT2D eigenvalue weighted by Gasteiger charge is -2.44. The average Bonchev–Trinajstić information content (AvgIpc) is 3.46. The number of fused-ring (bicyclic) bond motifs is 1. The molecule has 6 nitrogen and oxygen atoms in total. The number of amides is 1. The number of carbonyl (C=O) groups excluding carboxylic acids is 1. The first-order chi connectivity index (χ1) is 16.7. The summed E-state index contributed by atoms with van der Waals surface area (Å²) < 4.78 is 41.1. The molecular formula is C27H25F2N3O3. The van der Waals surface area contributed by atoms with Crippen LogP contribution in [0.15, 0.2) is 60.8 Å². The summed E-state index contributed by atoms with van der Waals surface area (Å²) >= 11 is 0. The van der Waals surface area contributed by atoms with Crippen LogP contribution >= 0.6 is 0 Å². The molecule has 0 spiro atoms. The number of morpholine rings is 1. The largest absolute Gasteiger partial charge is 0.495 e. The highest BCUT2D eigenvalue weighted by Crippen LogP contribution is 2.43. The van der Waals surface area contributed by atoms with Crippen LogP contribution in [0.1, 0.15) is 37.1 Å². The molecule has 0 aliphatic carbocycles. The number of hydrogen-bond acceptors (Lipinski definition) is 4. The monoisotopic (exact) mass is 477 g/mol. The smallest absolute Gasteiger partial charge is 0.293 e. The maximum Gasteiger partial charge on any atom is 0.293 e. The van der Waals surface area contributed by atoms with Crippen LogP contribution in [0, 0.1) is 18.6 Å². The van der Waals surface area contributed by atoms with E-state index in [2.05, 4.69) is 4.98 Å². The summed E-state index contributed by atoms with van der Waals surface area (Å²) in [4.78, 5) is 19.4. The summed E-state index contributed by atoms with van der Waals surface area (Å²) in [5.74, 6) is -1.45. The molecule has 180 valence electrons. The fraction of sp³-hybridized carbons (Fsp3) is 0.259. The van der Waals surface area contributed by atoms with Gasteiger partial charge < -0.3 is 14.0 Å². The third-order valence-electron chi connectivity index (χ3n) is 6.42. The van der Waals surface area contributed by atoms with Gasteiger partial charge in [-0.1, -0.05) is 12.1 Å². The highest BCUT2D eigenvalue weighted by Gasteiger charge is 2.49. The molecular weight excluding hydrogens is 452 g/mol. The van der Waals surface area contributed by atoms with Crippen molar-refractivity contribution >= 4 is 17.7 Å². The second kappa shape index (κ2) is 8.37. The molecule has 2 aliphatic rings. The van der Waals surface area contributed by atoms with Crippen molar-refractivity contribution in [3.63, 3.8) is 0 Å². The van der Waals surface area contributed by atoms with Gasteiger partial charge in [-0.2, -0.15) is 0 Å². The molecule has 3 heterocycles. The van der Waals surface area contributed by atoms with Gasteiger partial charge in [0, 0.05) is 17.5 Å². The van der Waals surface area contributed by atoms with Crippen molar-refractivity contribution in [2.24, 2.45) is 0 Å². The maximum absolute atomic E-state index is 13.9. The van der Waals surface area contributed by atoms with E-state index < -0.39 is 17.2 Å². The number of imidazole rings is 1. The summed E-state index contributed by atoms with van der Waals surface area (Å²) in [6.07, 6.45) is 7.70. The molecule has 2 aromatic carbocycles. The van der Waals surface area contributed by atoms with Crippen molar-refractivity contribution < 1.29 is 23.0 Å². The Bertz CT molecular complexity index is 1390. The van der Waals surface area contributed by atoms with Crippen LogP contribution in [-0.4, -0.2) is 39.1 Å². The summed E-state index contributed by atoms with van der Waals surface area (Å²) in [6, 6.07) is 8.97. The zero-order valence-electron chi connectivity index (χ0n) is 19.9. The number of benzene rings is 2. The lowest BCUT2D eigenvalue weighted by atomic mass is 9.93. The molecule has 5 rings (SSSR count). The van der Waals surface area contributed by atoms with E-state index in [9.17, 15) is 13.6 Å². The first kappa shape index (κ1) is 22.8. The van der Waals surface area contributed by atoms with Crippen molar-refractivity contribution in [3.8, 4) is 11.4 Å². The molecule has 8 heteroatoms. The van der Waals surface area contributed by atoms with Crippen molar-refractivity contribution in [1.82, 2.24) is 14.5 Å². The van der Waals surface area contributed by atoms with E-state index >= 15 is 0 Å². The van der Waals surface area contributed by atoms with Crippen LogP contribution in [0.5, 0.6) is 5.75 Å². The Morgan fingerprint density at radius 2 is 1.97 bits per heavy atom. The molecule has 0 radical (unpaired) electrons. The highest BCUT2D eigenvalue weighted by molar-refractivity contribution is 6.02. The van der Waals surface area contributed by atoms with E-state index in [-0.39, 0.29) is 17.7 Å². The predicted molar refractivity (Wildman–Crippen MR) is 128 cm³/mol. The van der Waals surface area contributed by atoms with Crippen LogP contribution in [0.25, 0.3) is 17.5 Å². The van der Waals surface area contributed by atoms with E-state index in [1.807, 2.05) is 55.8 Å². The quantitative estimate of drug-likeness (QED) is 0.481. The Balaban J connectivity index is 1.51. The number of carbonyl (C=O) groups is 1. The Morgan fingerprint density at radius 3 is 2.66 bits per heavy atom. The summed E-state index contributed by atoms with van der Waals surface area (Å²) in [6.45, 7) is 5.74. The summed E-state index contributed by atoms with van der Waals surface area (Å²) in [5.41, 5.74) is 2.71. The van der Waals surface area contributed by atoms with Crippen LogP contribution in [0.2, 0.25) is 0 Å². The SMILES string of the molecule is COc1cc(C=C2OC(C)(C)C3CC=C(c4ccc(F)c(F)c4)N3C2=O)ccc1-n1cnc(C)c1. The first-order valence-corrected chi connectivity index (χ1v) is 11.3. The van der Waals surface area contributed by atoms with Crippen molar-refractivity contribution in [2.75, 3.05) is 7.11 Å². The molecule has 35 heavy (non-hydrogen) atoms. The number of nitrogens with zero attached hydrogens (tertiary/aromatic N) is 3. The van der Waals surface area contributed by atoms with Crippen molar-refractivity contribution in [2.45, 2.75) is 38.8 Å².